The molecule has 1 saturated heterocycles. The molecule has 3 rings (SSSR count). The number of hydrogen-bond donors (Lipinski definition) is 0. The zero-order valence-corrected chi connectivity index (χ0v) is 20.7. The highest BCUT2D eigenvalue weighted by Crippen LogP contribution is 2.31. The van der Waals surface area contributed by atoms with Gasteiger partial charge in [-0.1, -0.05) is 52.5 Å². The number of sulfonamides is 1. The number of halogens is 4. The summed E-state index contributed by atoms with van der Waals surface area (Å²) < 4.78 is 26.1. The topological polar surface area (TPSA) is 60.9 Å². The largest absolute Gasteiger partial charge is 0.336 e. The Bertz CT molecular complexity index is 1080. The average Bonchev–Trinajstić information content (AvgIpc) is 2.70. The van der Waals surface area contributed by atoms with Gasteiger partial charge in [-0.05, 0) is 24.3 Å². The van der Waals surface area contributed by atoms with Crippen molar-refractivity contribution in [2.45, 2.75) is 11.4 Å². The first-order valence-electron chi connectivity index (χ1n) is 9.38. The molecule has 0 bridgehead atoms. The van der Waals surface area contributed by atoms with E-state index < -0.39 is 10.0 Å². The van der Waals surface area contributed by atoms with Crippen LogP contribution in [0.25, 0.3) is 0 Å². The molecule has 11 heteroatoms. The van der Waals surface area contributed by atoms with E-state index in [0.29, 0.717) is 42.8 Å². The summed E-state index contributed by atoms with van der Waals surface area (Å²) in [6, 6.07) is 7.93. The quantitative estimate of drug-likeness (QED) is 0.577. The fourth-order valence-electron chi connectivity index (χ4n) is 3.27. The first-order chi connectivity index (χ1) is 14.5. The van der Waals surface area contributed by atoms with E-state index in [0.717, 1.165) is 9.87 Å². The monoisotopic (exact) mass is 523 g/mol. The lowest BCUT2D eigenvalue weighted by Gasteiger charge is -2.35. The molecule has 0 unspecified atom stereocenters. The lowest BCUT2D eigenvalue weighted by Crippen LogP contribution is -2.48. The first kappa shape index (κ1) is 24.6. The van der Waals surface area contributed by atoms with Crippen LogP contribution in [0, 0.1) is 0 Å². The highest BCUT2D eigenvalue weighted by Gasteiger charge is 2.28. The van der Waals surface area contributed by atoms with Crippen molar-refractivity contribution < 1.29 is 13.2 Å². The maximum atomic E-state index is 13.1. The minimum absolute atomic E-state index is 0.0308. The van der Waals surface area contributed by atoms with Crippen LogP contribution < -0.4 is 0 Å². The third-order valence-electron chi connectivity index (χ3n) is 5.11. The molecule has 168 valence electrons. The van der Waals surface area contributed by atoms with Gasteiger partial charge in [0.1, 0.15) is 4.90 Å². The van der Waals surface area contributed by atoms with Crippen molar-refractivity contribution in [3.05, 3.63) is 61.5 Å². The van der Waals surface area contributed by atoms with E-state index in [9.17, 15) is 13.2 Å². The number of piperazine rings is 1. The number of carbonyl (C=O) groups excluding carboxylic acids is 1. The van der Waals surface area contributed by atoms with Gasteiger partial charge in [-0.3, -0.25) is 9.69 Å². The number of nitrogens with zero attached hydrogens (tertiary/aromatic N) is 3. The van der Waals surface area contributed by atoms with Gasteiger partial charge in [-0.25, -0.2) is 12.7 Å². The lowest BCUT2D eigenvalue weighted by molar-refractivity contribution is 0.0628. The molecule has 6 nitrogen and oxygen atoms in total. The van der Waals surface area contributed by atoms with Crippen LogP contribution >= 0.6 is 46.4 Å². The highest BCUT2D eigenvalue weighted by molar-refractivity contribution is 7.89. The van der Waals surface area contributed by atoms with Gasteiger partial charge in [0.15, 0.2) is 0 Å². The van der Waals surface area contributed by atoms with Crippen LogP contribution in [-0.2, 0) is 16.6 Å². The summed E-state index contributed by atoms with van der Waals surface area (Å²) in [5.74, 6) is -0.340. The van der Waals surface area contributed by atoms with Gasteiger partial charge in [0.25, 0.3) is 5.91 Å². The molecule has 1 amide bonds. The standard InChI is InChI=1S/C20H21Cl4N3O3S/c1-25(2)31(29,30)19-10-13(17(23)11-18(19)24)20(28)27-8-6-26(7-9-27)12-14-15(21)4-3-5-16(14)22/h3-5,10-11H,6-9,12H2,1-2H3. The van der Waals surface area contributed by atoms with E-state index in [1.165, 1.54) is 26.2 Å². The molecule has 0 aliphatic carbocycles. The molecular formula is C20H21Cl4N3O3S. The van der Waals surface area contributed by atoms with E-state index in [-0.39, 0.29) is 26.4 Å². The number of rotatable bonds is 5. The van der Waals surface area contributed by atoms with Crippen molar-refractivity contribution in [3.63, 3.8) is 0 Å². The van der Waals surface area contributed by atoms with Crippen molar-refractivity contribution in [1.82, 2.24) is 14.1 Å². The number of benzene rings is 2. The fraction of sp³-hybridized carbons (Fsp3) is 0.350. The second kappa shape index (κ2) is 9.83. The molecule has 31 heavy (non-hydrogen) atoms. The zero-order valence-electron chi connectivity index (χ0n) is 16.9. The Labute approximate surface area is 202 Å². The Hall–Kier alpha value is -1.06. The van der Waals surface area contributed by atoms with Gasteiger partial charge in [-0.2, -0.15) is 0 Å². The molecule has 1 aliphatic heterocycles. The van der Waals surface area contributed by atoms with E-state index in [4.69, 9.17) is 46.4 Å². The summed E-state index contributed by atoms with van der Waals surface area (Å²) in [6.07, 6.45) is 0. The third-order valence-corrected chi connectivity index (χ3v) is 8.41. The molecule has 0 spiro atoms. The van der Waals surface area contributed by atoms with Gasteiger partial charge in [0, 0.05) is 62.4 Å². The van der Waals surface area contributed by atoms with Crippen molar-refractivity contribution in [3.8, 4) is 0 Å². The molecule has 1 fully saturated rings. The van der Waals surface area contributed by atoms with Crippen LogP contribution in [0.2, 0.25) is 20.1 Å². The van der Waals surface area contributed by atoms with Crippen LogP contribution in [0.5, 0.6) is 0 Å². The molecule has 0 radical (unpaired) electrons. The maximum absolute atomic E-state index is 13.1. The molecule has 2 aromatic carbocycles. The van der Waals surface area contributed by atoms with Gasteiger partial charge in [0.2, 0.25) is 10.0 Å². The van der Waals surface area contributed by atoms with Gasteiger partial charge >= 0.3 is 0 Å². The lowest BCUT2D eigenvalue weighted by atomic mass is 10.1. The Kier molecular flexibility index (Phi) is 7.79. The molecule has 1 heterocycles. The molecule has 0 N–H and O–H groups in total. The van der Waals surface area contributed by atoms with Crippen LogP contribution in [0.4, 0.5) is 0 Å². The molecule has 0 saturated carbocycles. The minimum Gasteiger partial charge on any atom is -0.336 e. The predicted octanol–water partition coefficient (Wildman–Crippen LogP) is 4.51. The van der Waals surface area contributed by atoms with Crippen molar-refractivity contribution in [1.29, 1.82) is 0 Å². The number of hydrogen-bond acceptors (Lipinski definition) is 4. The predicted molar refractivity (Wildman–Crippen MR) is 125 cm³/mol. The fourth-order valence-corrected chi connectivity index (χ4v) is 5.51. The van der Waals surface area contributed by atoms with Gasteiger partial charge in [0.05, 0.1) is 15.6 Å². The van der Waals surface area contributed by atoms with Gasteiger partial charge in [-0.15, -0.1) is 0 Å². The molecule has 1 aliphatic rings. The molecular weight excluding hydrogens is 504 g/mol. The van der Waals surface area contributed by atoms with Crippen molar-refractivity contribution in [2.75, 3.05) is 40.3 Å². The third kappa shape index (κ3) is 5.30. The van der Waals surface area contributed by atoms with Crippen LogP contribution in [0.3, 0.4) is 0 Å². The molecule has 2 aromatic rings. The summed E-state index contributed by atoms with van der Waals surface area (Å²) in [4.78, 5) is 16.7. The van der Waals surface area contributed by atoms with Gasteiger partial charge < -0.3 is 4.90 Å². The Balaban J connectivity index is 1.75. The number of amides is 1. The average molecular weight is 525 g/mol. The van der Waals surface area contributed by atoms with E-state index in [2.05, 4.69) is 4.90 Å². The van der Waals surface area contributed by atoms with Crippen molar-refractivity contribution in [2.24, 2.45) is 0 Å². The molecule has 0 atom stereocenters. The maximum Gasteiger partial charge on any atom is 0.255 e. The normalized spacial score (nSPS) is 15.5. The van der Waals surface area contributed by atoms with E-state index >= 15 is 0 Å². The first-order valence-corrected chi connectivity index (χ1v) is 12.3. The van der Waals surface area contributed by atoms with Crippen LogP contribution in [0.15, 0.2) is 35.2 Å². The summed E-state index contributed by atoms with van der Waals surface area (Å²) in [6.45, 7) is 2.71. The Morgan fingerprint density at radius 3 is 2.06 bits per heavy atom. The smallest absolute Gasteiger partial charge is 0.255 e. The second-order valence-corrected chi connectivity index (χ2v) is 11.1. The van der Waals surface area contributed by atoms with Crippen molar-refractivity contribution >= 4 is 62.3 Å². The summed E-state index contributed by atoms with van der Waals surface area (Å²) in [7, 11) is -1.03. The van der Waals surface area contributed by atoms with Crippen LogP contribution in [-0.4, -0.2) is 68.7 Å². The van der Waals surface area contributed by atoms with Crippen LogP contribution in [0.1, 0.15) is 15.9 Å². The molecule has 0 aromatic heterocycles. The summed E-state index contributed by atoms with van der Waals surface area (Å²) >= 11 is 24.9. The Morgan fingerprint density at radius 1 is 0.935 bits per heavy atom. The SMILES string of the molecule is CN(C)S(=O)(=O)c1cc(C(=O)N2CCN(Cc3c(Cl)cccc3Cl)CC2)c(Cl)cc1Cl. The summed E-state index contributed by atoms with van der Waals surface area (Å²) in [5.41, 5.74) is 0.957. The Morgan fingerprint density at radius 2 is 1.52 bits per heavy atom. The second-order valence-electron chi connectivity index (χ2n) is 7.32. The van der Waals surface area contributed by atoms with E-state index in [1.54, 1.807) is 23.1 Å². The number of carbonyl (C=O) groups is 1. The van der Waals surface area contributed by atoms with E-state index in [1.807, 2.05) is 0 Å². The minimum atomic E-state index is -3.82. The summed E-state index contributed by atoms with van der Waals surface area (Å²) in [5, 5.41) is 1.29. The highest BCUT2D eigenvalue weighted by atomic mass is 35.5. The zero-order chi connectivity index (χ0) is 22.9.